The van der Waals surface area contributed by atoms with Crippen molar-refractivity contribution < 1.29 is 0 Å². The predicted molar refractivity (Wildman–Crippen MR) is 42.9 cm³/mol. The zero-order chi connectivity index (χ0) is 7.40. The van der Waals surface area contributed by atoms with E-state index in [2.05, 4.69) is 10.6 Å². The number of rotatable bonds is 3. The van der Waals surface area contributed by atoms with E-state index in [4.69, 9.17) is 5.73 Å². The molecule has 0 aliphatic carbocycles. The maximum Gasteiger partial charge on any atom is 0.0206 e. The monoisotopic (exact) mass is 143 g/mol. The average Bonchev–Trinajstić information content (AvgIpc) is 2.38. The van der Waals surface area contributed by atoms with Crippen LogP contribution in [0.5, 0.6) is 0 Å². The molecule has 3 nitrogen and oxygen atoms in total. The summed E-state index contributed by atoms with van der Waals surface area (Å²) in [6, 6.07) is 0.333. The van der Waals surface area contributed by atoms with E-state index in [9.17, 15) is 0 Å². The van der Waals surface area contributed by atoms with Crippen LogP contribution in [0.1, 0.15) is 6.42 Å². The fourth-order valence-electron chi connectivity index (χ4n) is 1.44. The molecule has 0 spiro atoms. The molecule has 1 aliphatic heterocycles. The molecule has 4 N–H and O–H groups in total. The lowest BCUT2D eigenvalue weighted by Gasteiger charge is -2.16. The van der Waals surface area contributed by atoms with Crippen molar-refractivity contribution in [1.29, 1.82) is 0 Å². The Morgan fingerprint density at radius 1 is 1.80 bits per heavy atom. The molecule has 3 heteroatoms. The summed E-state index contributed by atoms with van der Waals surface area (Å²) in [6.07, 6.45) is 1.24. The van der Waals surface area contributed by atoms with Gasteiger partial charge in [0.1, 0.15) is 0 Å². The van der Waals surface area contributed by atoms with E-state index in [0.29, 0.717) is 12.0 Å². The lowest BCUT2D eigenvalue weighted by Crippen LogP contribution is -2.39. The largest absolute Gasteiger partial charge is 0.326 e. The molecule has 0 amide bonds. The molecule has 0 bridgehead atoms. The molecule has 1 heterocycles. The number of nitrogens with two attached hydrogens (primary N) is 1. The summed E-state index contributed by atoms with van der Waals surface area (Å²) in [5.74, 6) is 0.687. The van der Waals surface area contributed by atoms with Crippen LogP contribution in [-0.4, -0.2) is 32.7 Å². The third-order valence-electron chi connectivity index (χ3n) is 2.14. The van der Waals surface area contributed by atoms with E-state index < -0.39 is 0 Å². The van der Waals surface area contributed by atoms with Crippen LogP contribution in [0.15, 0.2) is 0 Å². The zero-order valence-corrected chi connectivity index (χ0v) is 6.56. The number of hydrogen-bond acceptors (Lipinski definition) is 3. The Bertz CT molecular complexity index is 88.9. The Labute approximate surface area is 62.4 Å². The summed E-state index contributed by atoms with van der Waals surface area (Å²) in [5.41, 5.74) is 5.89. The minimum absolute atomic E-state index is 0.333. The summed E-state index contributed by atoms with van der Waals surface area (Å²) < 4.78 is 0. The molecule has 10 heavy (non-hydrogen) atoms. The van der Waals surface area contributed by atoms with E-state index in [-0.39, 0.29) is 0 Å². The molecular formula is C7H17N3. The highest BCUT2D eigenvalue weighted by Crippen LogP contribution is 2.09. The topological polar surface area (TPSA) is 50.1 Å². The lowest BCUT2D eigenvalue weighted by molar-refractivity contribution is 0.440. The van der Waals surface area contributed by atoms with E-state index in [0.717, 1.165) is 19.6 Å². The quantitative estimate of drug-likeness (QED) is 0.482. The zero-order valence-electron chi connectivity index (χ0n) is 6.56. The minimum atomic E-state index is 0.333. The van der Waals surface area contributed by atoms with Gasteiger partial charge in [0.15, 0.2) is 0 Å². The first kappa shape index (κ1) is 7.98. The van der Waals surface area contributed by atoms with Gasteiger partial charge in [0.2, 0.25) is 0 Å². The molecule has 0 saturated carbocycles. The van der Waals surface area contributed by atoms with Crippen molar-refractivity contribution in [2.75, 3.05) is 26.7 Å². The number of hydrogen-bond donors (Lipinski definition) is 3. The van der Waals surface area contributed by atoms with Crippen molar-refractivity contribution in [3.8, 4) is 0 Å². The Balaban J connectivity index is 2.18. The number of nitrogens with one attached hydrogen (secondary N) is 2. The molecule has 2 atom stereocenters. The van der Waals surface area contributed by atoms with Gasteiger partial charge in [-0.2, -0.15) is 0 Å². The van der Waals surface area contributed by atoms with E-state index >= 15 is 0 Å². The van der Waals surface area contributed by atoms with Gasteiger partial charge < -0.3 is 16.4 Å². The molecule has 60 valence electrons. The van der Waals surface area contributed by atoms with Gasteiger partial charge in [-0.15, -0.1) is 0 Å². The van der Waals surface area contributed by atoms with Crippen molar-refractivity contribution in [2.45, 2.75) is 12.5 Å². The lowest BCUT2D eigenvalue weighted by atomic mass is 10.0. The van der Waals surface area contributed by atoms with Crippen molar-refractivity contribution in [3.05, 3.63) is 0 Å². The van der Waals surface area contributed by atoms with Crippen LogP contribution in [0.3, 0.4) is 0 Å². The van der Waals surface area contributed by atoms with Crippen LogP contribution >= 0.6 is 0 Å². The molecular weight excluding hydrogens is 126 g/mol. The fourth-order valence-corrected chi connectivity index (χ4v) is 1.44. The minimum Gasteiger partial charge on any atom is -0.326 e. The second-order valence-electron chi connectivity index (χ2n) is 2.97. The van der Waals surface area contributed by atoms with Crippen molar-refractivity contribution in [3.63, 3.8) is 0 Å². The Morgan fingerprint density at radius 2 is 2.60 bits per heavy atom. The van der Waals surface area contributed by atoms with Crippen LogP contribution in [0.25, 0.3) is 0 Å². The van der Waals surface area contributed by atoms with Crippen molar-refractivity contribution in [1.82, 2.24) is 10.6 Å². The first-order valence-electron chi connectivity index (χ1n) is 3.95. The highest BCUT2D eigenvalue weighted by molar-refractivity contribution is 4.81. The predicted octanol–water partition coefficient (Wildman–Crippen LogP) is -0.857. The van der Waals surface area contributed by atoms with Gasteiger partial charge in [-0.1, -0.05) is 0 Å². The van der Waals surface area contributed by atoms with Gasteiger partial charge in [-0.25, -0.2) is 0 Å². The summed E-state index contributed by atoms with van der Waals surface area (Å²) >= 11 is 0. The second-order valence-corrected chi connectivity index (χ2v) is 2.97. The molecule has 0 aromatic heterocycles. The molecule has 1 fully saturated rings. The fraction of sp³-hybridized carbons (Fsp3) is 1.00. The Hall–Kier alpha value is -0.120. The van der Waals surface area contributed by atoms with Crippen molar-refractivity contribution in [2.24, 2.45) is 11.7 Å². The SMILES string of the molecule is CNCC(N)C1CCNC1. The van der Waals surface area contributed by atoms with Crippen LogP contribution < -0.4 is 16.4 Å². The molecule has 1 aliphatic rings. The first-order valence-corrected chi connectivity index (χ1v) is 3.95. The van der Waals surface area contributed by atoms with Crippen LogP contribution in [0.2, 0.25) is 0 Å². The summed E-state index contributed by atoms with van der Waals surface area (Å²) in [5, 5.41) is 6.40. The normalized spacial score (nSPS) is 28.8. The second kappa shape index (κ2) is 3.91. The first-order chi connectivity index (χ1) is 4.84. The summed E-state index contributed by atoms with van der Waals surface area (Å²) in [7, 11) is 1.95. The summed E-state index contributed by atoms with van der Waals surface area (Å²) in [6.45, 7) is 3.18. The molecule has 0 aromatic carbocycles. The Kier molecular flexibility index (Phi) is 3.12. The van der Waals surface area contributed by atoms with Crippen LogP contribution in [0.4, 0.5) is 0 Å². The Morgan fingerprint density at radius 3 is 3.10 bits per heavy atom. The van der Waals surface area contributed by atoms with Crippen LogP contribution in [0, 0.1) is 5.92 Å². The highest BCUT2D eigenvalue weighted by Gasteiger charge is 2.20. The molecule has 0 radical (unpaired) electrons. The van der Waals surface area contributed by atoms with E-state index in [1.165, 1.54) is 6.42 Å². The molecule has 1 rings (SSSR count). The van der Waals surface area contributed by atoms with E-state index in [1.807, 2.05) is 7.05 Å². The third-order valence-corrected chi connectivity index (χ3v) is 2.14. The van der Waals surface area contributed by atoms with Gasteiger partial charge >= 0.3 is 0 Å². The van der Waals surface area contributed by atoms with Crippen molar-refractivity contribution >= 4 is 0 Å². The maximum atomic E-state index is 5.89. The standard InChI is InChI=1S/C7H17N3/c1-9-5-7(8)6-2-3-10-4-6/h6-7,9-10H,2-5,8H2,1H3. The van der Waals surface area contributed by atoms with Crippen LogP contribution in [-0.2, 0) is 0 Å². The smallest absolute Gasteiger partial charge is 0.0206 e. The third kappa shape index (κ3) is 1.94. The highest BCUT2D eigenvalue weighted by atomic mass is 14.9. The van der Waals surface area contributed by atoms with Gasteiger partial charge in [0, 0.05) is 12.6 Å². The van der Waals surface area contributed by atoms with Gasteiger partial charge in [0.05, 0.1) is 0 Å². The van der Waals surface area contributed by atoms with Gasteiger partial charge in [0.25, 0.3) is 0 Å². The molecule has 1 saturated heterocycles. The average molecular weight is 143 g/mol. The molecule has 0 aromatic rings. The number of likely N-dealkylation sites (N-methyl/N-ethyl adjacent to an activating group) is 1. The molecule has 2 unspecified atom stereocenters. The van der Waals surface area contributed by atoms with Gasteiger partial charge in [-0.05, 0) is 32.5 Å². The maximum absolute atomic E-state index is 5.89. The van der Waals surface area contributed by atoms with Gasteiger partial charge in [-0.3, -0.25) is 0 Å². The summed E-state index contributed by atoms with van der Waals surface area (Å²) in [4.78, 5) is 0. The van der Waals surface area contributed by atoms with E-state index in [1.54, 1.807) is 0 Å².